The number of ether oxygens (including phenoxy) is 1. The van der Waals surface area contributed by atoms with E-state index in [4.69, 9.17) is 4.74 Å². The Morgan fingerprint density at radius 2 is 1.82 bits per heavy atom. The molecule has 6 rings (SSSR count). The van der Waals surface area contributed by atoms with E-state index in [9.17, 15) is 9.18 Å². The molecule has 8 heteroatoms. The molecule has 4 heterocycles. The van der Waals surface area contributed by atoms with E-state index >= 15 is 0 Å². The summed E-state index contributed by atoms with van der Waals surface area (Å²) in [5.74, 6) is 1.30. The predicted octanol–water partition coefficient (Wildman–Crippen LogP) is 6.09. The zero-order valence-electron chi connectivity index (χ0n) is 23.0. The van der Waals surface area contributed by atoms with Crippen LogP contribution in [0.25, 0.3) is 33.1 Å². The number of amides is 1. The highest BCUT2D eigenvalue weighted by atomic mass is 19.1. The van der Waals surface area contributed by atoms with Crippen LogP contribution < -0.4 is 0 Å². The maximum absolute atomic E-state index is 13.8. The van der Waals surface area contributed by atoms with Gasteiger partial charge in [-0.05, 0) is 68.0 Å². The van der Waals surface area contributed by atoms with E-state index in [1.807, 2.05) is 55.5 Å². The van der Waals surface area contributed by atoms with Crippen LogP contribution in [0.5, 0.6) is 0 Å². The topological polar surface area (TPSA) is 65.2 Å². The third-order valence-electron chi connectivity index (χ3n) is 8.05. The molecule has 2 aromatic carbocycles. The number of benzene rings is 2. The van der Waals surface area contributed by atoms with Crippen LogP contribution in [-0.4, -0.2) is 56.2 Å². The van der Waals surface area contributed by atoms with Gasteiger partial charge in [0, 0.05) is 56.1 Å². The second-order valence-electron chi connectivity index (χ2n) is 10.5. The van der Waals surface area contributed by atoms with Crippen molar-refractivity contribution in [2.24, 2.45) is 5.92 Å². The maximum atomic E-state index is 13.8. The third-order valence-corrected chi connectivity index (χ3v) is 8.05. The lowest BCUT2D eigenvalue weighted by Gasteiger charge is -2.32. The van der Waals surface area contributed by atoms with Gasteiger partial charge in [-0.15, -0.1) is 0 Å². The highest BCUT2D eigenvalue weighted by molar-refractivity contribution is 6.07. The fraction of sp³-hybridized carbons (Fsp3) is 0.344. The molecule has 1 aliphatic rings. The lowest BCUT2D eigenvalue weighted by atomic mass is 9.96. The fourth-order valence-electron chi connectivity index (χ4n) is 5.86. The minimum Gasteiger partial charge on any atom is -0.380 e. The first-order chi connectivity index (χ1) is 19.5. The van der Waals surface area contributed by atoms with Crippen molar-refractivity contribution in [2.75, 3.05) is 26.3 Å². The number of carbonyl (C=O) groups excluding carboxylic acids is 1. The van der Waals surface area contributed by atoms with E-state index in [0.29, 0.717) is 25.7 Å². The Morgan fingerprint density at radius 1 is 1.05 bits per heavy atom. The maximum Gasteiger partial charge on any atom is 0.256 e. The zero-order valence-corrected chi connectivity index (χ0v) is 23.0. The van der Waals surface area contributed by atoms with Crippen molar-refractivity contribution in [3.05, 3.63) is 84.3 Å². The summed E-state index contributed by atoms with van der Waals surface area (Å²) < 4.78 is 23.5. The molecule has 0 aliphatic carbocycles. The molecule has 206 valence electrons. The monoisotopic (exact) mass is 539 g/mol. The number of likely N-dealkylation sites (tertiary alicyclic amines) is 1. The van der Waals surface area contributed by atoms with Crippen molar-refractivity contribution in [2.45, 2.75) is 39.8 Å². The van der Waals surface area contributed by atoms with Crippen molar-refractivity contribution >= 4 is 27.8 Å². The van der Waals surface area contributed by atoms with Crippen molar-refractivity contribution in [1.29, 1.82) is 0 Å². The Kier molecular flexibility index (Phi) is 7.34. The molecule has 40 heavy (non-hydrogen) atoms. The molecule has 0 saturated carbocycles. The normalized spacial score (nSPS) is 14.4. The second-order valence-corrected chi connectivity index (χ2v) is 10.5. The van der Waals surface area contributed by atoms with Crippen LogP contribution in [0.2, 0.25) is 0 Å². The molecule has 0 unspecified atom stereocenters. The van der Waals surface area contributed by atoms with E-state index in [0.717, 1.165) is 76.9 Å². The molecule has 0 atom stereocenters. The standard InChI is InChI=1S/C32H34FN5O2/c1-3-40-17-16-37-21-28(27-9-6-25(18-31(27)37)24-4-7-26(33)8-5-24)32(39)36-14-11-23(12-15-36)20-38-22(2)35-29-19-34-13-10-30(29)38/h4-10,13,18-19,21,23H,3,11-12,14-17,20H2,1-2H3. The largest absolute Gasteiger partial charge is 0.380 e. The summed E-state index contributed by atoms with van der Waals surface area (Å²) in [6, 6.07) is 14.7. The number of aromatic nitrogens is 4. The number of hydrogen-bond acceptors (Lipinski definition) is 4. The molecule has 1 amide bonds. The van der Waals surface area contributed by atoms with Crippen LogP contribution in [0.4, 0.5) is 4.39 Å². The van der Waals surface area contributed by atoms with Crippen LogP contribution >= 0.6 is 0 Å². The van der Waals surface area contributed by atoms with Crippen LogP contribution in [0.3, 0.4) is 0 Å². The first-order valence-corrected chi connectivity index (χ1v) is 14.0. The van der Waals surface area contributed by atoms with Gasteiger partial charge in [-0.1, -0.05) is 24.3 Å². The fourth-order valence-corrected chi connectivity index (χ4v) is 5.86. The first-order valence-electron chi connectivity index (χ1n) is 14.0. The summed E-state index contributed by atoms with van der Waals surface area (Å²) in [7, 11) is 0. The number of aryl methyl sites for hydroxylation is 1. The summed E-state index contributed by atoms with van der Waals surface area (Å²) in [6.07, 6.45) is 7.51. The van der Waals surface area contributed by atoms with Gasteiger partial charge in [0.15, 0.2) is 0 Å². The van der Waals surface area contributed by atoms with E-state index in [-0.39, 0.29) is 11.7 Å². The summed E-state index contributed by atoms with van der Waals surface area (Å²) in [6.45, 7) is 8.25. The number of imidazole rings is 1. The molecule has 0 spiro atoms. The van der Waals surface area contributed by atoms with Crippen LogP contribution in [0.1, 0.15) is 35.9 Å². The minimum absolute atomic E-state index is 0.0727. The average molecular weight is 540 g/mol. The van der Waals surface area contributed by atoms with Crippen LogP contribution in [0, 0.1) is 18.7 Å². The van der Waals surface area contributed by atoms with Crippen LogP contribution in [0.15, 0.2) is 67.1 Å². The molecule has 0 N–H and O–H groups in total. The number of rotatable bonds is 8. The Balaban J connectivity index is 1.21. The van der Waals surface area contributed by atoms with Gasteiger partial charge in [0.2, 0.25) is 0 Å². The van der Waals surface area contributed by atoms with E-state index < -0.39 is 0 Å². The van der Waals surface area contributed by atoms with Crippen molar-refractivity contribution < 1.29 is 13.9 Å². The molecule has 3 aromatic heterocycles. The second kappa shape index (κ2) is 11.2. The van der Waals surface area contributed by atoms with Gasteiger partial charge in [0.05, 0.1) is 23.9 Å². The molecule has 0 radical (unpaired) electrons. The van der Waals surface area contributed by atoms with Gasteiger partial charge >= 0.3 is 0 Å². The van der Waals surface area contributed by atoms with Crippen LogP contribution in [-0.2, 0) is 17.8 Å². The Hall–Kier alpha value is -4.04. The van der Waals surface area contributed by atoms with Crippen molar-refractivity contribution in [1.82, 2.24) is 24.0 Å². The van der Waals surface area contributed by atoms with Crippen molar-refractivity contribution in [3.8, 4) is 11.1 Å². The molecule has 1 fully saturated rings. The van der Waals surface area contributed by atoms with Crippen molar-refractivity contribution in [3.63, 3.8) is 0 Å². The number of piperidine rings is 1. The molecule has 1 saturated heterocycles. The highest BCUT2D eigenvalue weighted by Crippen LogP contribution is 2.30. The quantitative estimate of drug-likeness (QED) is 0.224. The molecule has 0 bridgehead atoms. The predicted molar refractivity (Wildman–Crippen MR) is 155 cm³/mol. The molecule has 7 nitrogen and oxygen atoms in total. The number of pyridine rings is 1. The third kappa shape index (κ3) is 5.11. The Bertz CT molecular complexity index is 1650. The summed E-state index contributed by atoms with van der Waals surface area (Å²) in [4.78, 5) is 24.7. The van der Waals surface area contributed by atoms with Gasteiger partial charge in [0.25, 0.3) is 5.91 Å². The van der Waals surface area contributed by atoms with E-state index in [1.54, 1.807) is 12.1 Å². The van der Waals surface area contributed by atoms with Gasteiger partial charge in [-0.2, -0.15) is 0 Å². The SMILES string of the molecule is CCOCCn1cc(C(=O)N2CCC(Cn3c(C)nc4cnccc43)CC2)c2ccc(-c3ccc(F)cc3)cc21. The van der Waals surface area contributed by atoms with E-state index in [1.165, 1.54) is 12.1 Å². The lowest BCUT2D eigenvalue weighted by molar-refractivity contribution is 0.0684. The Labute approximate surface area is 233 Å². The summed E-state index contributed by atoms with van der Waals surface area (Å²) in [5, 5.41) is 0.934. The average Bonchev–Trinajstić information content (AvgIpc) is 3.50. The molecule has 1 aliphatic heterocycles. The number of carbonyl (C=O) groups is 1. The van der Waals surface area contributed by atoms with Gasteiger partial charge in [-0.25, -0.2) is 9.37 Å². The summed E-state index contributed by atoms with van der Waals surface area (Å²) >= 11 is 0. The number of nitrogens with zero attached hydrogens (tertiary/aromatic N) is 5. The van der Waals surface area contributed by atoms with Gasteiger partial charge in [-0.3, -0.25) is 9.78 Å². The van der Waals surface area contributed by atoms with Gasteiger partial charge in [0.1, 0.15) is 17.2 Å². The molecular formula is C32H34FN5O2. The number of fused-ring (bicyclic) bond motifs is 2. The lowest BCUT2D eigenvalue weighted by Crippen LogP contribution is -2.39. The zero-order chi connectivity index (χ0) is 27.6. The summed E-state index contributed by atoms with van der Waals surface area (Å²) in [5.41, 5.74) is 5.67. The Morgan fingerprint density at radius 3 is 2.60 bits per heavy atom. The first kappa shape index (κ1) is 26.2. The smallest absolute Gasteiger partial charge is 0.256 e. The van der Waals surface area contributed by atoms with Gasteiger partial charge < -0.3 is 18.8 Å². The number of halogens is 1. The molecule has 5 aromatic rings. The number of hydrogen-bond donors (Lipinski definition) is 0. The minimum atomic E-state index is -0.257. The highest BCUT2D eigenvalue weighted by Gasteiger charge is 2.27. The molecular weight excluding hydrogens is 505 g/mol. The van der Waals surface area contributed by atoms with E-state index in [2.05, 4.69) is 25.2 Å².